The molecule has 1 aromatic carbocycles. The van der Waals surface area contributed by atoms with Crippen molar-refractivity contribution in [2.45, 2.75) is 53.2 Å². The summed E-state index contributed by atoms with van der Waals surface area (Å²) in [5.41, 5.74) is 1.65. The number of nitrogens with zero attached hydrogens (tertiary/aromatic N) is 3. The van der Waals surface area contributed by atoms with Crippen molar-refractivity contribution in [2.24, 2.45) is 0 Å². The van der Waals surface area contributed by atoms with E-state index in [1.165, 1.54) is 10.9 Å². The van der Waals surface area contributed by atoms with Crippen molar-refractivity contribution in [2.75, 3.05) is 0 Å². The number of carbonyl (C=O) groups is 2. The maximum Gasteiger partial charge on any atom is 0.354 e. The van der Waals surface area contributed by atoms with Gasteiger partial charge in [0.25, 0.3) is 5.91 Å². The van der Waals surface area contributed by atoms with E-state index >= 15 is 0 Å². The molecule has 0 bridgehead atoms. The number of amides is 1. The number of hydrogen-bond acceptors (Lipinski definition) is 3. The Balaban J connectivity index is 2.62. The number of carbonyl (C=O) groups excluding carboxylic acids is 1. The van der Waals surface area contributed by atoms with Crippen LogP contribution in [0, 0.1) is 0 Å². The van der Waals surface area contributed by atoms with Gasteiger partial charge >= 0.3 is 5.97 Å². The first-order valence-corrected chi connectivity index (χ1v) is 8.50. The summed E-state index contributed by atoms with van der Waals surface area (Å²) in [7, 11) is 0. The smallest absolute Gasteiger partial charge is 0.354 e. The number of carboxylic acids is 1. The third-order valence-corrected chi connectivity index (χ3v) is 4.14. The van der Waals surface area contributed by atoms with Crippen molar-refractivity contribution in [1.29, 1.82) is 0 Å². The second-order valence-corrected chi connectivity index (χ2v) is 6.47. The second kappa shape index (κ2) is 7.51. The average molecular weight is 343 g/mol. The number of hydrogen-bond donors (Lipinski definition) is 1. The summed E-state index contributed by atoms with van der Waals surface area (Å²) >= 11 is 0. The van der Waals surface area contributed by atoms with E-state index in [0.29, 0.717) is 23.2 Å². The Kier molecular flexibility index (Phi) is 5.62. The normalized spacial score (nSPS) is 11.2. The van der Waals surface area contributed by atoms with Gasteiger partial charge in [-0.3, -0.25) is 9.48 Å². The average Bonchev–Trinajstić information content (AvgIpc) is 2.98. The Hall–Kier alpha value is -2.63. The van der Waals surface area contributed by atoms with Crippen LogP contribution in [-0.2, 0) is 6.54 Å². The van der Waals surface area contributed by atoms with Crippen LogP contribution in [0.4, 0.5) is 0 Å². The van der Waals surface area contributed by atoms with Crippen LogP contribution in [0.5, 0.6) is 0 Å². The zero-order chi connectivity index (χ0) is 18.7. The maximum absolute atomic E-state index is 13.1. The highest BCUT2D eigenvalue weighted by Gasteiger charge is 2.26. The molecule has 6 nitrogen and oxygen atoms in total. The van der Waals surface area contributed by atoms with Crippen LogP contribution in [0.2, 0.25) is 0 Å². The number of aromatic nitrogens is 2. The minimum Gasteiger partial charge on any atom is -0.477 e. The highest BCUT2D eigenvalue weighted by molar-refractivity contribution is 6.04. The van der Waals surface area contributed by atoms with Gasteiger partial charge in [0, 0.05) is 29.8 Å². The largest absolute Gasteiger partial charge is 0.477 e. The molecule has 0 spiro atoms. The molecule has 0 unspecified atom stereocenters. The van der Waals surface area contributed by atoms with Gasteiger partial charge < -0.3 is 10.0 Å². The SMILES string of the molecule is CCn1ncc(-c2ccccc2C(=O)N(C(C)C)C(C)C)c1C(=O)O. The van der Waals surface area contributed by atoms with E-state index < -0.39 is 5.97 Å². The van der Waals surface area contributed by atoms with Crippen LogP contribution >= 0.6 is 0 Å². The monoisotopic (exact) mass is 343 g/mol. The molecule has 0 saturated carbocycles. The molecular weight excluding hydrogens is 318 g/mol. The van der Waals surface area contributed by atoms with E-state index in [1.807, 2.05) is 34.6 Å². The summed E-state index contributed by atoms with van der Waals surface area (Å²) in [4.78, 5) is 26.6. The minimum atomic E-state index is -1.05. The van der Waals surface area contributed by atoms with Crippen molar-refractivity contribution < 1.29 is 14.7 Å². The highest BCUT2D eigenvalue weighted by atomic mass is 16.4. The second-order valence-electron chi connectivity index (χ2n) is 6.47. The van der Waals surface area contributed by atoms with Gasteiger partial charge in [-0.15, -0.1) is 0 Å². The van der Waals surface area contributed by atoms with E-state index in [2.05, 4.69) is 5.10 Å². The Bertz CT molecular complexity index is 770. The molecule has 0 radical (unpaired) electrons. The van der Waals surface area contributed by atoms with E-state index in [9.17, 15) is 14.7 Å². The number of carboxylic acid groups (broad SMARTS) is 1. The lowest BCUT2D eigenvalue weighted by molar-refractivity contribution is 0.0641. The standard InChI is InChI=1S/C19H25N3O3/c1-6-21-17(19(24)25)16(11-20-21)14-9-7-8-10-15(14)18(23)22(12(2)3)13(4)5/h7-13H,6H2,1-5H3,(H,24,25). The molecule has 25 heavy (non-hydrogen) atoms. The highest BCUT2D eigenvalue weighted by Crippen LogP contribution is 2.29. The Morgan fingerprint density at radius 2 is 1.72 bits per heavy atom. The number of aromatic carboxylic acids is 1. The van der Waals surface area contributed by atoms with Gasteiger partial charge in [-0.05, 0) is 46.2 Å². The number of benzene rings is 1. The van der Waals surface area contributed by atoms with Gasteiger partial charge in [0.15, 0.2) is 5.69 Å². The Labute approximate surface area is 148 Å². The summed E-state index contributed by atoms with van der Waals surface area (Å²) < 4.78 is 1.43. The van der Waals surface area contributed by atoms with Gasteiger partial charge in [0.05, 0.1) is 6.20 Å². The molecular formula is C19H25N3O3. The summed E-state index contributed by atoms with van der Waals surface area (Å²) in [6.45, 7) is 10.2. The summed E-state index contributed by atoms with van der Waals surface area (Å²) in [5, 5.41) is 13.7. The number of rotatable bonds is 6. The molecule has 6 heteroatoms. The number of aryl methyl sites for hydroxylation is 1. The molecule has 0 aliphatic carbocycles. The predicted octanol–water partition coefficient (Wildman–Crippen LogP) is 3.53. The van der Waals surface area contributed by atoms with Crippen molar-refractivity contribution in [3.63, 3.8) is 0 Å². The fourth-order valence-corrected chi connectivity index (χ4v) is 3.16. The van der Waals surface area contributed by atoms with Gasteiger partial charge in [-0.25, -0.2) is 4.79 Å². The maximum atomic E-state index is 13.1. The lowest BCUT2D eigenvalue weighted by atomic mass is 9.98. The molecule has 1 heterocycles. The lowest BCUT2D eigenvalue weighted by Crippen LogP contribution is -2.42. The van der Waals surface area contributed by atoms with Crippen molar-refractivity contribution >= 4 is 11.9 Å². The molecule has 0 fully saturated rings. The third kappa shape index (κ3) is 3.57. The van der Waals surface area contributed by atoms with Crippen molar-refractivity contribution in [3.8, 4) is 11.1 Å². The first kappa shape index (κ1) is 18.7. The molecule has 1 N–H and O–H groups in total. The van der Waals surface area contributed by atoms with Crippen LogP contribution in [0.1, 0.15) is 55.5 Å². The molecule has 2 rings (SSSR count). The molecule has 0 saturated heterocycles. The first-order valence-electron chi connectivity index (χ1n) is 8.50. The molecule has 0 aliphatic heterocycles. The van der Waals surface area contributed by atoms with Crippen LogP contribution in [0.3, 0.4) is 0 Å². The first-order chi connectivity index (χ1) is 11.8. The zero-order valence-electron chi connectivity index (χ0n) is 15.4. The van der Waals surface area contributed by atoms with E-state index in [1.54, 1.807) is 29.2 Å². The van der Waals surface area contributed by atoms with Crippen LogP contribution in [-0.4, -0.2) is 43.7 Å². The Morgan fingerprint density at radius 1 is 1.12 bits per heavy atom. The van der Waals surface area contributed by atoms with Gasteiger partial charge in [-0.1, -0.05) is 18.2 Å². The lowest BCUT2D eigenvalue weighted by Gasteiger charge is -2.31. The molecule has 0 aliphatic rings. The fourth-order valence-electron chi connectivity index (χ4n) is 3.16. The summed E-state index contributed by atoms with van der Waals surface area (Å²) in [5.74, 6) is -1.16. The van der Waals surface area contributed by atoms with Crippen LogP contribution < -0.4 is 0 Å². The topological polar surface area (TPSA) is 75.4 Å². The molecule has 0 atom stereocenters. The summed E-state index contributed by atoms with van der Waals surface area (Å²) in [6, 6.07) is 7.19. The van der Waals surface area contributed by atoms with Crippen LogP contribution in [0.25, 0.3) is 11.1 Å². The quantitative estimate of drug-likeness (QED) is 0.870. The zero-order valence-corrected chi connectivity index (χ0v) is 15.4. The molecule has 1 amide bonds. The van der Waals surface area contributed by atoms with Gasteiger partial charge in [0.1, 0.15) is 0 Å². The van der Waals surface area contributed by atoms with E-state index in [4.69, 9.17) is 0 Å². The molecule has 1 aromatic heterocycles. The fraction of sp³-hybridized carbons (Fsp3) is 0.421. The van der Waals surface area contributed by atoms with Crippen molar-refractivity contribution in [3.05, 3.63) is 41.7 Å². The summed E-state index contributed by atoms with van der Waals surface area (Å²) in [6.07, 6.45) is 1.52. The van der Waals surface area contributed by atoms with Gasteiger partial charge in [0.2, 0.25) is 0 Å². The third-order valence-electron chi connectivity index (χ3n) is 4.14. The van der Waals surface area contributed by atoms with Crippen LogP contribution in [0.15, 0.2) is 30.5 Å². The van der Waals surface area contributed by atoms with E-state index in [0.717, 1.165) is 0 Å². The van der Waals surface area contributed by atoms with E-state index in [-0.39, 0.29) is 23.7 Å². The van der Waals surface area contributed by atoms with Gasteiger partial charge in [-0.2, -0.15) is 5.10 Å². The minimum absolute atomic E-state index is 0.0397. The predicted molar refractivity (Wildman–Crippen MR) is 96.7 cm³/mol. The van der Waals surface area contributed by atoms with Crippen molar-refractivity contribution in [1.82, 2.24) is 14.7 Å². The Morgan fingerprint density at radius 3 is 2.24 bits per heavy atom. The molecule has 134 valence electrons. The molecule has 2 aromatic rings.